The summed E-state index contributed by atoms with van der Waals surface area (Å²) < 4.78 is 1.44. The summed E-state index contributed by atoms with van der Waals surface area (Å²) in [5, 5.41) is 31.4. The molecule has 1 aromatic heterocycles. The number of aryl methyl sites for hydroxylation is 3. The molecule has 3 aromatic rings. The Hall–Kier alpha value is -3.68. The number of rotatable bonds is 5. The molecule has 0 unspecified atom stereocenters. The van der Waals surface area contributed by atoms with Gasteiger partial charge in [0.1, 0.15) is 11.4 Å². The molecule has 4 rings (SSSR count). The molecule has 1 saturated carbocycles. The number of azo groups is 1. The zero-order valence-corrected chi connectivity index (χ0v) is 19.0. The largest absolute Gasteiger partial charge is 0.505 e. The molecule has 0 aliphatic heterocycles. The van der Waals surface area contributed by atoms with E-state index in [2.05, 4.69) is 15.3 Å². The van der Waals surface area contributed by atoms with E-state index in [1.54, 1.807) is 19.1 Å². The predicted octanol–water partition coefficient (Wildman–Crippen LogP) is 5.57. The Bertz CT molecular complexity index is 1280. The first-order chi connectivity index (χ1) is 15.8. The first-order valence-electron chi connectivity index (χ1n) is 11.1. The molecular formula is C25H28N4O4. The highest BCUT2D eigenvalue weighted by molar-refractivity contribution is 5.70. The van der Waals surface area contributed by atoms with E-state index in [0.29, 0.717) is 31.4 Å². The van der Waals surface area contributed by atoms with Gasteiger partial charge in [-0.05, 0) is 87.3 Å². The predicted molar refractivity (Wildman–Crippen MR) is 125 cm³/mol. The van der Waals surface area contributed by atoms with Gasteiger partial charge in [-0.25, -0.2) is 4.68 Å². The summed E-state index contributed by atoms with van der Waals surface area (Å²) in [5.41, 5.74) is 4.40. The second kappa shape index (κ2) is 9.05. The fourth-order valence-electron chi connectivity index (χ4n) is 4.42. The number of aliphatic carboxylic acids is 1. The highest BCUT2D eigenvalue weighted by atomic mass is 16.4. The summed E-state index contributed by atoms with van der Waals surface area (Å²) in [5.74, 6) is -0.967. The van der Waals surface area contributed by atoms with Gasteiger partial charge in [0.05, 0.1) is 17.3 Å². The Labute approximate surface area is 191 Å². The van der Waals surface area contributed by atoms with Gasteiger partial charge in [0.25, 0.3) is 5.56 Å². The van der Waals surface area contributed by atoms with Crippen molar-refractivity contribution in [2.75, 3.05) is 0 Å². The molecule has 0 saturated heterocycles. The van der Waals surface area contributed by atoms with Crippen molar-refractivity contribution in [3.05, 3.63) is 69.1 Å². The molecule has 0 bridgehead atoms. The molecule has 0 atom stereocenters. The van der Waals surface area contributed by atoms with Crippen LogP contribution in [0.15, 0.2) is 51.4 Å². The van der Waals surface area contributed by atoms with Crippen LogP contribution in [0.1, 0.15) is 54.0 Å². The van der Waals surface area contributed by atoms with E-state index >= 15 is 0 Å². The maximum absolute atomic E-state index is 13.0. The van der Waals surface area contributed by atoms with Crippen LogP contribution < -0.4 is 5.56 Å². The van der Waals surface area contributed by atoms with E-state index < -0.39 is 5.97 Å². The van der Waals surface area contributed by atoms with Gasteiger partial charge < -0.3 is 10.2 Å². The van der Waals surface area contributed by atoms with E-state index in [1.165, 1.54) is 4.68 Å². The number of para-hydroxylation sites is 1. The number of phenols is 1. The van der Waals surface area contributed by atoms with Crippen LogP contribution in [0, 0.1) is 26.7 Å². The zero-order valence-electron chi connectivity index (χ0n) is 19.0. The van der Waals surface area contributed by atoms with Crippen LogP contribution in [-0.2, 0) is 4.79 Å². The monoisotopic (exact) mass is 448 g/mol. The highest BCUT2D eigenvalue weighted by Gasteiger charge is 2.28. The van der Waals surface area contributed by atoms with Crippen LogP contribution in [0.2, 0.25) is 0 Å². The highest BCUT2D eigenvalue weighted by Crippen LogP contribution is 2.42. The topological polar surface area (TPSA) is 120 Å². The first kappa shape index (κ1) is 22.5. The molecule has 1 heterocycles. The molecule has 33 heavy (non-hydrogen) atoms. The summed E-state index contributed by atoms with van der Waals surface area (Å²) in [6.07, 6.45) is 2.57. The molecule has 8 heteroatoms. The van der Waals surface area contributed by atoms with Gasteiger partial charge in [0.15, 0.2) is 5.69 Å². The molecule has 3 N–H and O–H groups in total. The van der Waals surface area contributed by atoms with E-state index in [-0.39, 0.29) is 34.5 Å². The minimum Gasteiger partial charge on any atom is -0.505 e. The number of hydrogen-bond acceptors (Lipinski definition) is 5. The maximum atomic E-state index is 13.0. The summed E-state index contributed by atoms with van der Waals surface area (Å²) in [7, 11) is 0. The van der Waals surface area contributed by atoms with Gasteiger partial charge in [-0.2, -0.15) is 0 Å². The van der Waals surface area contributed by atoms with Crippen molar-refractivity contribution < 1.29 is 15.0 Å². The maximum Gasteiger partial charge on any atom is 0.306 e. The molecule has 1 aliphatic rings. The fourth-order valence-corrected chi connectivity index (χ4v) is 4.42. The number of H-pyrrole nitrogens is 1. The lowest BCUT2D eigenvalue weighted by atomic mass is 9.78. The van der Waals surface area contributed by atoms with E-state index in [1.807, 2.05) is 38.1 Å². The summed E-state index contributed by atoms with van der Waals surface area (Å²) in [6.45, 7) is 5.76. The SMILES string of the molecule is Cc1ccc(-n2[nH]c(C)c(N=Nc3cccc(C4CCC(C(=O)O)CC4)c3O)c2=O)cc1C. The second-order valence-corrected chi connectivity index (χ2v) is 8.80. The first-order valence-corrected chi connectivity index (χ1v) is 11.1. The van der Waals surface area contributed by atoms with Crippen molar-refractivity contribution in [3.63, 3.8) is 0 Å². The molecule has 1 aliphatic carbocycles. The minimum absolute atomic E-state index is 0.0303. The number of aromatic amines is 1. The Kier molecular flexibility index (Phi) is 6.18. The molecule has 0 spiro atoms. The Morgan fingerprint density at radius 3 is 2.42 bits per heavy atom. The van der Waals surface area contributed by atoms with Crippen LogP contribution in [-0.4, -0.2) is 26.0 Å². The lowest BCUT2D eigenvalue weighted by Gasteiger charge is -2.27. The Morgan fingerprint density at radius 1 is 1.03 bits per heavy atom. The lowest BCUT2D eigenvalue weighted by molar-refractivity contribution is -0.142. The molecule has 1 fully saturated rings. The second-order valence-electron chi connectivity index (χ2n) is 8.80. The van der Waals surface area contributed by atoms with Gasteiger partial charge in [-0.3, -0.25) is 14.7 Å². The van der Waals surface area contributed by atoms with Crippen LogP contribution in [0.4, 0.5) is 11.4 Å². The van der Waals surface area contributed by atoms with Crippen molar-refractivity contribution in [1.29, 1.82) is 0 Å². The van der Waals surface area contributed by atoms with E-state index in [4.69, 9.17) is 0 Å². The molecule has 2 aromatic carbocycles. The quantitative estimate of drug-likeness (QED) is 0.442. The average Bonchev–Trinajstić information content (AvgIpc) is 3.08. The molecule has 172 valence electrons. The van der Waals surface area contributed by atoms with Gasteiger partial charge >= 0.3 is 5.97 Å². The number of nitrogens with zero attached hydrogens (tertiary/aromatic N) is 3. The summed E-state index contributed by atoms with van der Waals surface area (Å²) >= 11 is 0. The number of hydrogen-bond donors (Lipinski definition) is 3. The number of carbonyl (C=O) groups is 1. The van der Waals surface area contributed by atoms with Gasteiger partial charge in [-0.1, -0.05) is 18.2 Å². The molecule has 8 nitrogen and oxygen atoms in total. The van der Waals surface area contributed by atoms with Crippen LogP contribution in [0.3, 0.4) is 0 Å². The number of phenolic OH excluding ortho intramolecular Hbond substituents is 1. The molecule has 0 amide bonds. The minimum atomic E-state index is -0.756. The molecular weight excluding hydrogens is 420 g/mol. The van der Waals surface area contributed by atoms with E-state index in [0.717, 1.165) is 22.4 Å². The van der Waals surface area contributed by atoms with E-state index in [9.17, 15) is 19.8 Å². The fraction of sp³-hybridized carbons (Fsp3) is 0.360. The normalized spacial score (nSPS) is 18.6. The van der Waals surface area contributed by atoms with Gasteiger partial charge in [0.2, 0.25) is 0 Å². The van der Waals surface area contributed by atoms with Crippen LogP contribution in [0.25, 0.3) is 5.69 Å². The number of carboxylic acid groups (broad SMARTS) is 1. The average molecular weight is 449 g/mol. The van der Waals surface area contributed by atoms with Crippen molar-refractivity contribution in [2.24, 2.45) is 16.1 Å². The van der Waals surface area contributed by atoms with Crippen LogP contribution in [0.5, 0.6) is 5.75 Å². The number of aromatic nitrogens is 2. The van der Waals surface area contributed by atoms with Crippen molar-refractivity contribution in [2.45, 2.75) is 52.4 Å². The van der Waals surface area contributed by atoms with Crippen molar-refractivity contribution in [1.82, 2.24) is 9.78 Å². The number of aromatic hydroxyl groups is 1. The van der Waals surface area contributed by atoms with Crippen molar-refractivity contribution in [3.8, 4) is 11.4 Å². The third kappa shape index (κ3) is 4.46. The standard InChI is InChI=1S/C25H28N4O4/c1-14-7-12-19(13-15(14)2)29-24(31)22(16(3)28-29)27-26-21-6-4-5-20(23(21)30)17-8-10-18(11-9-17)25(32)33/h4-7,12-13,17-18,28,30H,8-11H2,1-3H3,(H,32,33). The third-order valence-electron chi connectivity index (χ3n) is 6.61. The Balaban J connectivity index is 1.60. The smallest absolute Gasteiger partial charge is 0.306 e. The third-order valence-corrected chi connectivity index (χ3v) is 6.61. The number of carboxylic acids is 1. The summed E-state index contributed by atoms with van der Waals surface area (Å²) in [6, 6.07) is 11.0. The van der Waals surface area contributed by atoms with Crippen molar-refractivity contribution >= 4 is 17.3 Å². The van der Waals surface area contributed by atoms with Crippen LogP contribution >= 0.6 is 0 Å². The lowest BCUT2D eigenvalue weighted by Crippen LogP contribution is -2.20. The van der Waals surface area contributed by atoms with Gasteiger partial charge in [-0.15, -0.1) is 10.2 Å². The Morgan fingerprint density at radius 2 is 1.76 bits per heavy atom. The van der Waals surface area contributed by atoms with Gasteiger partial charge in [0, 0.05) is 0 Å². The summed E-state index contributed by atoms with van der Waals surface area (Å²) in [4.78, 5) is 24.2. The number of nitrogens with one attached hydrogen (secondary N) is 1. The number of benzene rings is 2. The zero-order chi connectivity index (χ0) is 23.7. The molecule has 0 radical (unpaired) electrons.